The third-order valence-electron chi connectivity index (χ3n) is 4.55. The molecule has 0 aromatic heterocycles. The molecule has 2 N–H and O–H groups in total. The summed E-state index contributed by atoms with van der Waals surface area (Å²) < 4.78 is 25.8. The zero-order valence-corrected chi connectivity index (χ0v) is 14.0. The van der Waals surface area contributed by atoms with Crippen molar-refractivity contribution < 1.29 is 23.4 Å². The Balaban J connectivity index is 2.11. The predicted octanol–water partition coefficient (Wildman–Crippen LogP) is 2.34. The van der Waals surface area contributed by atoms with Crippen molar-refractivity contribution >= 4 is 27.4 Å². The summed E-state index contributed by atoms with van der Waals surface area (Å²) in [5, 5.41) is 18.6. The molecule has 24 heavy (non-hydrogen) atoms. The highest BCUT2D eigenvalue weighted by Gasteiger charge is 2.75. The smallest absolute Gasteiger partial charge is 0.314 e. The number of carboxylic acids is 1. The van der Waals surface area contributed by atoms with Crippen LogP contribution in [0.4, 0.5) is 0 Å². The lowest BCUT2D eigenvalue weighted by Crippen LogP contribution is -2.27. The Hall–Kier alpha value is -1.89. The Morgan fingerprint density at radius 3 is 2.17 bits per heavy atom. The summed E-state index contributed by atoms with van der Waals surface area (Å²) in [6.45, 7) is -0.758. The summed E-state index contributed by atoms with van der Waals surface area (Å²) in [7, 11) is -3.91. The standard InChI is InChI=1S/C17H15ClO5S/c18-12-8-6-11(7-9-12)14-15(17(14,10-19)16(20)21)24(22,23)13-4-2-1-3-5-13/h1-9,14-15,19H,10H2,(H,20,21)/t14-,15-,17-/m1/s1. The summed E-state index contributed by atoms with van der Waals surface area (Å²) >= 11 is 5.84. The molecule has 1 aliphatic rings. The molecular formula is C17H15ClO5S. The normalized spacial score (nSPS) is 26.1. The van der Waals surface area contributed by atoms with E-state index in [0.29, 0.717) is 10.6 Å². The van der Waals surface area contributed by atoms with Crippen LogP contribution in [-0.4, -0.2) is 36.5 Å². The van der Waals surface area contributed by atoms with Crippen LogP contribution >= 0.6 is 11.6 Å². The molecule has 126 valence electrons. The number of carbonyl (C=O) groups is 1. The minimum atomic E-state index is -3.91. The summed E-state index contributed by atoms with van der Waals surface area (Å²) in [5.74, 6) is -2.16. The van der Waals surface area contributed by atoms with E-state index in [2.05, 4.69) is 0 Å². The van der Waals surface area contributed by atoms with E-state index in [1.54, 1.807) is 42.5 Å². The average molecular weight is 367 g/mol. The van der Waals surface area contributed by atoms with E-state index in [-0.39, 0.29) is 4.90 Å². The number of halogens is 1. The van der Waals surface area contributed by atoms with Gasteiger partial charge in [-0.1, -0.05) is 41.9 Å². The van der Waals surface area contributed by atoms with Crippen LogP contribution in [0.15, 0.2) is 59.5 Å². The van der Waals surface area contributed by atoms with Gasteiger partial charge in [0.05, 0.1) is 16.8 Å². The van der Waals surface area contributed by atoms with Crippen molar-refractivity contribution in [3.05, 3.63) is 65.2 Å². The van der Waals surface area contributed by atoms with Crippen LogP contribution in [-0.2, 0) is 14.6 Å². The van der Waals surface area contributed by atoms with Gasteiger partial charge in [-0.05, 0) is 29.8 Å². The highest BCUT2D eigenvalue weighted by Crippen LogP contribution is 2.64. The van der Waals surface area contributed by atoms with Crippen molar-refractivity contribution in [3.63, 3.8) is 0 Å². The molecule has 0 amide bonds. The van der Waals surface area contributed by atoms with E-state index in [0.717, 1.165) is 0 Å². The molecule has 0 radical (unpaired) electrons. The van der Waals surface area contributed by atoms with E-state index in [1.165, 1.54) is 12.1 Å². The van der Waals surface area contributed by atoms with Gasteiger partial charge in [0.1, 0.15) is 5.41 Å². The molecule has 0 heterocycles. The van der Waals surface area contributed by atoms with Crippen molar-refractivity contribution in [2.24, 2.45) is 5.41 Å². The largest absolute Gasteiger partial charge is 0.481 e. The van der Waals surface area contributed by atoms with Gasteiger partial charge >= 0.3 is 5.97 Å². The molecule has 0 saturated heterocycles. The van der Waals surface area contributed by atoms with Gasteiger partial charge in [0.15, 0.2) is 9.84 Å². The Kier molecular flexibility index (Phi) is 4.15. The van der Waals surface area contributed by atoms with Crippen LogP contribution in [0.3, 0.4) is 0 Å². The minimum Gasteiger partial charge on any atom is -0.481 e. The molecule has 0 aliphatic heterocycles. The van der Waals surface area contributed by atoms with Gasteiger partial charge in [-0.25, -0.2) is 8.42 Å². The van der Waals surface area contributed by atoms with Crippen molar-refractivity contribution in [1.29, 1.82) is 0 Å². The molecule has 0 spiro atoms. The van der Waals surface area contributed by atoms with Crippen molar-refractivity contribution in [2.45, 2.75) is 16.1 Å². The number of aliphatic hydroxyl groups is 1. The maximum atomic E-state index is 12.9. The second-order valence-corrected chi connectivity index (χ2v) is 8.32. The molecule has 1 aliphatic carbocycles. The number of hydrogen-bond acceptors (Lipinski definition) is 4. The summed E-state index contributed by atoms with van der Waals surface area (Å²) in [5.41, 5.74) is -1.22. The number of aliphatic carboxylic acids is 1. The highest BCUT2D eigenvalue weighted by molar-refractivity contribution is 7.92. The molecule has 5 nitrogen and oxygen atoms in total. The lowest BCUT2D eigenvalue weighted by atomic mass is 10.0. The SMILES string of the molecule is O=C(O)[C@]1(CO)[C@H](c2ccc(Cl)cc2)[C@H]1S(=O)(=O)c1ccccc1. The first-order chi connectivity index (χ1) is 11.4. The summed E-state index contributed by atoms with van der Waals surface area (Å²) in [6, 6.07) is 14.0. The van der Waals surface area contributed by atoms with Gasteiger partial charge in [0.2, 0.25) is 0 Å². The van der Waals surface area contributed by atoms with E-state index in [1.807, 2.05) is 0 Å². The fourth-order valence-electron chi connectivity index (χ4n) is 3.27. The number of rotatable bonds is 5. The molecule has 7 heteroatoms. The molecule has 0 bridgehead atoms. The first-order valence-corrected chi connectivity index (χ1v) is 9.17. The van der Waals surface area contributed by atoms with Crippen molar-refractivity contribution in [3.8, 4) is 0 Å². The van der Waals surface area contributed by atoms with Gasteiger partial charge < -0.3 is 10.2 Å². The number of aliphatic hydroxyl groups excluding tert-OH is 1. The van der Waals surface area contributed by atoms with E-state index in [9.17, 15) is 23.4 Å². The van der Waals surface area contributed by atoms with E-state index in [4.69, 9.17) is 11.6 Å². The number of benzene rings is 2. The van der Waals surface area contributed by atoms with Gasteiger partial charge in [-0.2, -0.15) is 0 Å². The topological polar surface area (TPSA) is 91.7 Å². The Labute approximate surface area is 144 Å². The lowest BCUT2D eigenvalue weighted by molar-refractivity contribution is -0.145. The molecule has 0 unspecified atom stereocenters. The number of carboxylic acid groups (broad SMARTS) is 1. The quantitative estimate of drug-likeness (QED) is 0.847. The van der Waals surface area contributed by atoms with Crippen LogP contribution in [0.25, 0.3) is 0 Å². The van der Waals surface area contributed by atoms with Crippen molar-refractivity contribution in [2.75, 3.05) is 6.61 Å². The zero-order chi connectivity index (χ0) is 17.5. The van der Waals surface area contributed by atoms with Gasteiger partial charge in [-0.15, -0.1) is 0 Å². The van der Waals surface area contributed by atoms with Crippen LogP contribution in [0.5, 0.6) is 0 Å². The maximum Gasteiger partial charge on any atom is 0.314 e. The van der Waals surface area contributed by atoms with Gasteiger partial charge in [0.25, 0.3) is 0 Å². The maximum absolute atomic E-state index is 12.9. The third-order valence-corrected chi connectivity index (χ3v) is 7.09. The molecule has 2 aromatic carbocycles. The van der Waals surface area contributed by atoms with Crippen molar-refractivity contribution in [1.82, 2.24) is 0 Å². The van der Waals surface area contributed by atoms with Gasteiger partial charge in [-0.3, -0.25) is 4.79 Å². The van der Waals surface area contributed by atoms with Gasteiger partial charge in [0, 0.05) is 10.9 Å². The fraction of sp³-hybridized carbons (Fsp3) is 0.235. The Morgan fingerprint density at radius 2 is 1.67 bits per heavy atom. The minimum absolute atomic E-state index is 0.0468. The molecular weight excluding hydrogens is 352 g/mol. The molecule has 3 atom stereocenters. The zero-order valence-electron chi connectivity index (χ0n) is 12.5. The molecule has 2 aromatic rings. The highest BCUT2D eigenvalue weighted by atomic mass is 35.5. The summed E-state index contributed by atoms with van der Waals surface area (Å²) in [6.07, 6.45) is 0. The third kappa shape index (κ3) is 2.42. The first kappa shape index (κ1) is 17.0. The van der Waals surface area contributed by atoms with E-state index >= 15 is 0 Å². The predicted molar refractivity (Wildman–Crippen MR) is 88.8 cm³/mol. The number of hydrogen-bond donors (Lipinski definition) is 2. The fourth-order valence-corrected chi connectivity index (χ4v) is 5.78. The monoisotopic (exact) mass is 366 g/mol. The molecule has 3 rings (SSSR count). The average Bonchev–Trinajstić information content (AvgIpc) is 3.28. The first-order valence-electron chi connectivity index (χ1n) is 7.24. The lowest BCUT2D eigenvalue weighted by Gasteiger charge is -2.09. The van der Waals surface area contributed by atoms with Crippen LogP contribution < -0.4 is 0 Å². The Morgan fingerprint density at radius 1 is 1.08 bits per heavy atom. The second-order valence-electron chi connectivity index (χ2n) is 5.81. The van der Waals surface area contributed by atoms with Crippen LogP contribution in [0.2, 0.25) is 5.02 Å². The molecule has 1 saturated carbocycles. The second kappa shape index (κ2) is 5.88. The number of sulfone groups is 1. The van der Waals surface area contributed by atoms with Crippen LogP contribution in [0.1, 0.15) is 11.5 Å². The Bertz CT molecular complexity index is 864. The summed E-state index contributed by atoms with van der Waals surface area (Å²) in [4.78, 5) is 11.8. The molecule has 1 fully saturated rings. The van der Waals surface area contributed by atoms with Crippen LogP contribution in [0, 0.1) is 5.41 Å². The van der Waals surface area contributed by atoms with E-state index < -0.39 is 39.0 Å².